The second-order valence-electron chi connectivity index (χ2n) is 7.68. The molecule has 1 aromatic carbocycles. The number of aromatic nitrogens is 2. The number of methoxy groups -OCH3 is 1. The number of hydrogen-bond acceptors (Lipinski definition) is 4. The standard InChI is InChI=1S/C19H29N3O3S/c1-13-10-15(19(3,4)5)11-18(14(13)2)26(23,24)21-16(12-25-7)17-8-9-20-22(17)6/h8-11,16,21H,12H2,1-7H3. The molecule has 2 aromatic rings. The minimum Gasteiger partial charge on any atom is -0.383 e. The van der Waals surface area contributed by atoms with Gasteiger partial charge in [-0.25, -0.2) is 8.42 Å². The Labute approximate surface area is 156 Å². The number of hydrogen-bond donors (Lipinski definition) is 1. The van der Waals surface area contributed by atoms with Gasteiger partial charge in [0.15, 0.2) is 0 Å². The van der Waals surface area contributed by atoms with E-state index in [0.717, 1.165) is 22.4 Å². The summed E-state index contributed by atoms with van der Waals surface area (Å²) < 4.78 is 36.0. The first-order chi connectivity index (χ1) is 12.0. The van der Waals surface area contributed by atoms with Gasteiger partial charge < -0.3 is 4.74 Å². The molecule has 0 fully saturated rings. The molecule has 26 heavy (non-hydrogen) atoms. The first kappa shape index (κ1) is 20.6. The average Bonchev–Trinajstić information content (AvgIpc) is 2.94. The zero-order valence-corrected chi connectivity index (χ0v) is 17.4. The summed E-state index contributed by atoms with van der Waals surface area (Å²) in [6, 6.07) is 5.10. The van der Waals surface area contributed by atoms with Crippen molar-refractivity contribution >= 4 is 10.0 Å². The van der Waals surface area contributed by atoms with Crippen LogP contribution in [0.2, 0.25) is 0 Å². The topological polar surface area (TPSA) is 73.2 Å². The van der Waals surface area contributed by atoms with Crippen LogP contribution < -0.4 is 4.72 Å². The molecule has 0 radical (unpaired) electrons. The monoisotopic (exact) mass is 379 g/mol. The Hall–Kier alpha value is -1.70. The number of aryl methyl sites for hydroxylation is 2. The van der Waals surface area contributed by atoms with Gasteiger partial charge in [0.25, 0.3) is 0 Å². The third-order valence-electron chi connectivity index (χ3n) is 4.62. The van der Waals surface area contributed by atoms with Crippen molar-refractivity contribution in [3.05, 3.63) is 46.8 Å². The van der Waals surface area contributed by atoms with Crippen LogP contribution in [0.4, 0.5) is 0 Å². The SMILES string of the molecule is COCC(NS(=O)(=O)c1cc(C(C)(C)C)cc(C)c1C)c1ccnn1C. The first-order valence-electron chi connectivity index (χ1n) is 8.58. The highest BCUT2D eigenvalue weighted by atomic mass is 32.2. The highest BCUT2D eigenvalue weighted by Crippen LogP contribution is 2.29. The van der Waals surface area contributed by atoms with Gasteiger partial charge in [0.1, 0.15) is 0 Å². The molecule has 1 unspecified atom stereocenters. The lowest BCUT2D eigenvalue weighted by Gasteiger charge is -2.24. The van der Waals surface area contributed by atoms with Gasteiger partial charge in [0.2, 0.25) is 10.0 Å². The van der Waals surface area contributed by atoms with E-state index in [1.165, 1.54) is 0 Å². The number of rotatable bonds is 6. The zero-order chi connectivity index (χ0) is 19.7. The van der Waals surface area contributed by atoms with Crippen molar-refractivity contribution < 1.29 is 13.2 Å². The maximum Gasteiger partial charge on any atom is 0.241 e. The molecule has 0 bridgehead atoms. The molecule has 0 aliphatic rings. The van der Waals surface area contributed by atoms with Crippen LogP contribution in [-0.4, -0.2) is 31.9 Å². The normalized spacial score (nSPS) is 13.8. The largest absolute Gasteiger partial charge is 0.383 e. The lowest BCUT2D eigenvalue weighted by atomic mass is 9.85. The summed E-state index contributed by atoms with van der Waals surface area (Å²) in [4.78, 5) is 0.311. The fraction of sp³-hybridized carbons (Fsp3) is 0.526. The molecule has 0 aliphatic heterocycles. The minimum absolute atomic E-state index is 0.142. The van der Waals surface area contributed by atoms with Crippen LogP contribution in [-0.2, 0) is 27.2 Å². The van der Waals surface area contributed by atoms with Gasteiger partial charge >= 0.3 is 0 Å². The average molecular weight is 380 g/mol. The van der Waals surface area contributed by atoms with Crippen LogP contribution in [0.25, 0.3) is 0 Å². The minimum atomic E-state index is -3.73. The molecule has 2 rings (SSSR count). The van der Waals surface area contributed by atoms with Crippen LogP contribution in [0.1, 0.15) is 49.2 Å². The van der Waals surface area contributed by atoms with E-state index in [-0.39, 0.29) is 12.0 Å². The third-order valence-corrected chi connectivity index (χ3v) is 6.22. The molecular formula is C19H29N3O3S. The van der Waals surface area contributed by atoms with E-state index in [0.29, 0.717) is 4.90 Å². The van der Waals surface area contributed by atoms with Gasteiger partial charge in [-0.15, -0.1) is 0 Å². The summed E-state index contributed by atoms with van der Waals surface area (Å²) in [5.41, 5.74) is 3.31. The Balaban J connectivity index is 2.49. The van der Waals surface area contributed by atoms with E-state index >= 15 is 0 Å². The zero-order valence-electron chi connectivity index (χ0n) is 16.6. The van der Waals surface area contributed by atoms with Crippen LogP contribution in [0.15, 0.2) is 29.3 Å². The van der Waals surface area contributed by atoms with E-state index in [4.69, 9.17) is 4.74 Å². The summed E-state index contributed by atoms with van der Waals surface area (Å²) in [5, 5.41) is 4.13. The lowest BCUT2D eigenvalue weighted by molar-refractivity contribution is 0.172. The summed E-state index contributed by atoms with van der Waals surface area (Å²) in [5.74, 6) is 0. The molecule has 144 valence electrons. The molecule has 0 saturated heterocycles. The van der Waals surface area contributed by atoms with Crippen LogP contribution in [0, 0.1) is 13.8 Å². The van der Waals surface area contributed by atoms with E-state index in [9.17, 15) is 8.42 Å². The molecule has 0 spiro atoms. The summed E-state index contributed by atoms with van der Waals surface area (Å²) >= 11 is 0. The molecule has 0 saturated carbocycles. The predicted octanol–water partition coefficient (Wildman–Crippen LogP) is 3.00. The van der Waals surface area contributed by atoms with Crippen molar-refractivity contribution in [2.24, 2.45) is 7.05 Å². The van der Waals surface area contributed by atoms with Crippen LogP contribution in [0.3, 0.4) is 0 Å². The van der Waals surface area contributed by atoms with Crippen molar-refractivity contribution in [2.45, 2.75) is 51.0 Å². The molecule has 1 aromatic heterocycles. The van der Waals surface area contributed by atoms with Crippen molar-refractivity contribution in [2.75, 3.05) is 13.7 Å². The Morgan fingerprint density at radius 2 is 1.92 bits per heavy atom. The fourth-order valence-corrected chi connectivity index (χ4v) is 4.40. The maximum absolute atomic E-state index is 13.2. The number of ether oxygens (including phenoxy) is 1. The van der Waals surface area contributed by atoms with E-state index in [2.05, 4.69) is 36.7 Å². The first-order valence-corrected chi connectivity index (χ1v) is 10.1. The van der Waals surface area contributed by atoms with E-state index in [1.54, 1.807) is 37.2 Å². The maximum atomic E-state index is 13.2. The second kappa shape index (κ2) is 7.50. The Morgan fingerprint density at radius 1 is 1.27 bits per heavy atom. The molecular weight excluding hydrogens is 350 g/mol. The Kier molecular flexibility index (Phi) is 5.95. The Bertz CT molecular complexity index is 880. The van der Waals surface area contributed by atoms with Gasteiger partial charge in [0.05, 0.1) is 23.2 Å². The molecule has 6 nitrogen and oxygen atoms in total. The number of nitrogens with one attached hydrogen (secondary N) is 1. The number of sulfonamides is 1. The van der Waals surface area contributed by atoms with Gasteiger partial charge in [-0.1, -0.05) is 26.8 Å². The van der Waals surface area contributed by atoms with Crippen molar-refractivity contribution in [3.63, 3.8) is 0 Å². The molecule has 1 atom stereocenters. The molecule has 1 N–H and O–H groups in total. The second-order valence-corrected chi connectivity index (χ2v) is 9.36. The molecule has 0 amide bonds. The highest BCUT2D eigenvalue weighted by molar-refractivity contribution is 7.89. The smallest absolute Gasteiger partial charge is 0.241 e. The van der Waals surface area contributed by atoms with Crippen molar-refractivity contribution in [3.8, 4) is 0 Å². The van der Waals surface area contributed by atoms with Crippen LogP contribution in [0.5, 0.6) is 0 Å². The quantitative estimate of drug-likeness (QED) is 0.837. The lowest BCUT2D eigenvalue weighted by Crippen LogP contribution is -2.33. The molecule has 0 aliphatic carbocycles. The summed E-state index contributed by atoms with van der Waals surface area (Å²) in [6.07, 6.45) is 1.64. The van der Waals surface area contributed by atoms with E-state index in [1.807, 2.05) is 13.8 Å². The predicted molar refractivity (Wildman–Crippen MR) is 103 cm³/mol. The third kappa shape index (κ3) is 4.34. The molecule has 7 heteroatoms. The summed E-state index contributed by atoms with van der Waals surface area (Å²) in [7, 11) is -0.403. The molecule has 1 heterocycles. The van der Waals surface area contributed by atoms with Gasteiger partial charge in [-0.05, 0) is 48.1 Å². The van der Waals surface area contributed by atoms with Gasteiger partial charge in [-0.3, -0.25) is 4.68 Å². The number of nitrogens with zero attached hydrogens (tertiary/aromatic N) is 2. The van der Waals surface area contributed by atoms with Crippen LogP contribution >= 0.6 is 0 Å². The van der Waals surface area contributed by atoms with Crippen molar-refractivity contribution in [1.82, 2.24) is 14.5 Å². The highest BCUT2D eigenvalue weighted by Gasteiger charge is 2.27. The van der Waals surface area contributed by atoms with Crippen molar-refractivity contribution in [1.29, 1.82) is 0 Å². The van der Waals surface area contributed by atoms with Gasteiger partial charge in [0, 0.05) is 20.4 Å². The van der Waals surface area contributed by atoms with E-state index < -0.39 is 16.1 Å². The summed E-state index contributed by atoms with van der Waals surface area (Å²) in [6.45, 7) is 10.2. The number of benzene rings is 1. The van der Waals surface area contributed by atoms with Gasteiger partial charge in [-0.2, -0.15) is 9.82 Å². The Morgan fingerprint density at radius 3 is 2.42 bits per heavy atom. The fourth-order valence-electron chi connectivity index (χ4n) is 2.86.